The minimum Gasteiger partial charge on any atom is -0.424 e. The molecular weight excluding hydrogens is 310 g/mol. The molecule has 2 aromatic heterocycles. The average molecular weight is 323 g/mol. The molecule has 0 aromatic carbocycles. The maximum Gasteiger partial charge on any atom is 0.509 e. The number of nitrogens with zero attached hydrogens (tertiary/aromatic N) is 4. The number of carbonyl (C=O) groups excluding carboxylic acids is 1. The number of hydrogen-bond donors (Lipinski definition) is 1. The van der Waals surface area contributed by atoms with Gasteiger partial charge < -0.3 is 19.9 Å². The van der Waals surface area contributed by atoms with Crippen molar-refractivity contribution in [2.24, 2.45) is 0 Å². The number of nitrogens with two attached hydrogens (primary N) is 1. The van der Waals surface area contributed by atoms with Crippen molar-refractivity contribution in [3.63, 3.8) is 0 Å². The van der Waals surface area contributed by atoms with E-state index in [1.807, 2.05) is 6.26 Å². The van der Waals surface area contributed by atoms with Crippen LogP contribution in [0.15, 0.2) is 12.7 Å². The standard InChI is InChI=1S/C12H13N5O4S/c1-22-2-5-7-8(21-12(18)20-7)11(19-5)17-4-16-6-9(13)14-3-15-10(6)17/h3-5,7-8,11H,2H2,1H3,(H2,13,14,15)/t5-,7+,8+,11-/m1/s1. The van der Waals surface area contributed by atoms with E-state index in [0.29, 0.717) is 22.7 Å². The number of carbonyl (C=O) groups is 1. The summed E-state index contributed by atoms with van der Waals surface area (Å²) in [6, 6.07) is 0. The Kier molecular flexibility index (Phi) is 3.08. The van der Waals surface area contributed by atoms with Gasteiger partial charge in [-0.2, -0.15) is 11.8 Å². The summed E-state index contributed by atoms with van der Waals surface area (Å²) in [7, 11) is 0. The fraction of sp³-hybridized carbons (Fsp3) is 0.500. The Morgan fingerprint density at radius 3 is 2.95 bits per heavy atom. The highest BCUT2D eigenvalue weighted by Gasteiger charge is 2.55. The van der Waals surface area contributed by atoms with E-state index in [4.69, 9.17) is 19.9 Å². The number of thioether (sulfide) groups is 1. The van der Waals surface area contributed by atoms with Gasteiger partial charge in [0.2, 0.25) is 0 Å². The molecule has 10 heteroatoms. The van der Waals surface area contributed by atoms with Crippen molar-refractivity contribution >= 4 is 34.9 Å². The van der Waals surface area contributed by atoms with E-state index in [9.17, 15) is 4.79 Å². The first kappa shape index (κ1) is 13.6. The van der Waals surface area contributed by atoms with Gasteiger partial charge in [0.1, 0.15) is 17.9 Å². The number of hydrogen-bond acceptors (Lipinski definition) is 9. The number of imidazole rings is 1. The molecule has 2 aliphatic rings. The molecule has 0 spiro atoms. The number of fused-ring (bicyclic) bond motifs is 2. The van der Waals surface area contributed by atoms with Gasteiger partial charge >= 0.3 is 6.16 Å². The lowest BCUT2D eigenvalue weighted by Gasteiger charge is -2.17. The summed E-state index contributed by atoms with van der Waals surface area (Å²) >= 11 is 1.61. The zero-order chi connectivity index (χ0) is 15.3. The molecule has 116 valence electrons. The molecule has 0 bridgehead atoms. The van der Waals surface area contributed by atoms with Crippen molar-refractivity contribution in [1.82, 2.24) is 19.5 Å². The van der Waals surface area contributed by atoms with Crippen molar-refractivity contribution < 1.29 is 19.0 Å². The highest BCUT2D eigenvalue weighted by Crippen LogP contribution is 2.39. The molecule has 0 saturated carbocycles. The Morgan fingerprint density at radius 2 is 2.14 bits per heavy atom. The Hall–Kier alpha value is -2.07. The van der Waals surface area contributed by atoms with Crippen LogP contribution in [0.2, 0.25) is 0 Å². The predicted octanol–water partition coefficient (Wildman–Crippen LogP) is 0.573. The molecule has 4 atom stereocenters. The summed E-state index contributed by atoms with van der Waals surface area (Å²) in [6.45, 7) is 0. The van der Waals surface area contributed by atoms with E-state index in [0.717, 1.165) is 0 Å². The Bertz CT molecular complexity index is 737. The van der Waals surface area contributed by atoms with Crippen LogP contribution < -0.4 is 5.73 Å². The second-order valence-corrected chi connectivity index (χ2v) is 5.93. The molecule has 2 N–H and O–H groups in total. The highest BCUT2D eigenvalue weighted by atomic mass is 32.2. The lowest BCUT2D eigenvalue weighted by molar-refractivity contribution is -0.0466. The highest BCUT2D eigenvalue weighted by molar-refractivity contribution is 7.98. The van der Waals surface area contributed by atoms with Crippen LogP contribution in [0, 0.1) is 0 Å². The summed E-state index contributed by atoms with van der Waals surface area (Å²) in [5.74, 6) is 0.983. The maximum absolute atomic E-state index is 11.5. The van der Waals surface area contributed by atoms with Gasteiger partial charge in [-0.3, -0.25) is 4.57 Å². The SMILES string of the molecule is CSC[C@H]1O[C@@H](n2cnc3c(N)ncnc32)[C@H]2OC(=O)O[C@H]21. The van der Waals surface area contributed by atoms with Gasteiger partial charge in [0.05, 0.1) is 6.33 Å². The largest absolute Gasteiger partial charge is 0.509 e. The van der Waals surface area contributed by atoms with E-state index in [2.05, 4.69) is 15.0 Å². The number of nitrogen functional groups attached to an aromatic ring is 1. The third kappa shape index (κ3) is 1.91. The van der Waals surface area contributed by atoms with E-state index in [1.165, 1.54) is 6.33 Å². The molecule has 4 heterocycles. The summed E-state index contributed by atoms with van der Waals surface area (Å²) in [4.78, 5) is 23.8. The summed E-state index contributed by atoms with van der Waals surface area (Å²) in [5, 5.41) is 0. The first-order valence-electron chi connectivity index (χ1n) is 6.63. The molecular formula is C12H13N5O4S. The molecule has 9 nitrogen and oxygen atoms in total. The predicted molar refractivity (Wildman–Crippen MR) is 77.2 cm³/mol. The summed E-state index contributed by atoms with van der Waals surface area (Å²) in [5.41, 5.74) is 6.81. The Balaban J connectivity index is 1.74. The van der Waals surface area contributed by atoms with Crippen LogP contribution in [0.4, 0.5) is 10.6 Å². The van der Waals surface area contributed by atoms with Crippen molar-refractivity contribution in [2.75, 3.05) is 17.7 Å². The van der Waals surface area contributed by atoms with Crippen LogP contribution in [0.3, 0.4) is 0 Å². The van der Waals surface area contributed by atoms with Crippen LogP contribution in [0.5, 0.6) is 0 Å². The normalized spacial score (nSPS) is 30.3. The molecule has 2 fully saturated rings. The van der Waals surface area contributed by atoms with Gasteiger partial charge in [0, 0.05) is 5.75 Å². The third-order valence-electron chi connectivity index (χ3n) is 3.74. The fourth-order valence-electron chi connectivity index (χ4n) is 2.80. The maximum atomic E-state index is 11.5. The lowest BCUT2D eigenvalue weighted by atomic mass is 10.1. The van der Waals surface area contributed by atoms with Crippen LogP contribution in [-0.2, 0) is 14.2 Å². The van der Waals surface area contributed by atoms with Crippen molar-refractivity contribution in [3.05, 3.63) is 12.7 Å². The molecule has 22 heavy (non-hydrogen) atoms. The van der Waals surface area contributed by atoms with Gasteiger partial charge in [0.25, 0.3) is 0 Å². The number of ether oxygens (including phenoxy) is 3. The smallest absolute Gasteiger partial charge is 0.424 e. The van der Waals surface area contributed by atoms with Crippen molar-refractivity contribution in [2.45, 2.75) is 24.5 Å². The minimum absolute atomic E-state index is 0.243. The van der Waals surface area contributed by atoms with Gasteiger partial charge in [-0.15, -0.1) is 0 Å². The van der Waals surface area contributed by atoms with E-state index in [1.54, 1.807) is 22.7 Å². The number of anilines is 1. The van der Waals surface area contributed by atoms with Crippen LogP contribution >= 0.6 is 11.8 Å². The van der Waals surface area contributed by atoms with Crippen LogP contribution in [0.1, 0.15) is 6.23 Å². The second-order valence-electron chi connectivity index (χ2n) is 5.02. The first-order valence-corrected chi connectivity index (χ1v) is 8.03. The summed E-state index contributed by atoms with van der Waals surface area (Å²) < 4.78 is 18.2. The first-order chi connectivity index (χ1) is 10.7. The Labute approximate surface area is 129 Å². The number of rotatable bonds is 3. The molecule has 2 saturated heterocycles. The van der Waals surface area contributed by atoms with Crippen LogP contribution in [0.25, 0.3) is 11.2 Å². The average Bonchev–Trinajstić information content (AvgIpc) is 3.15. The molecule has 0 unspecified atom stereocenters. The van der Waals surface area contributed by atoms with E-state index in [-0.39, 0.29) is 6.10 Å². The van der Waals surface area contributed by atoms with E-state index >= 15 is 0 Å². The number of aromatic nitrogens is 4. The second kappa shape index (κ2) is 4.99. The molecule has 0 amide bonds. The van der Waals surface area contributed by atoms with Crippen molar-refractivity contribution in [3.8, 4) is 0 Å². The van der Waals surface area contributed by atoms with Gasteiger partial charge in [0.15, 0.2) is 29.9 Å². The van der Waals surface area contributed by atoms with Crippen molar-refractivity contribution in [1.29, 1.82) is 0 Å². The molecule has 2 aromatic rings. The van der Waals surface area contributed by atoms with Gasteiger partial charge in [-0.1, -0.05) is 0 Å². The third-order valence-corrected chi connectivity index (χ3v) is 4.40. The Morgan fingerprint density at radius 1 is 1.32 bits per heavy atom. The monoisotopic (exact) mass is 323 g/mol. The van der Waals surface area contributed by atoms with E-state index < -0.39 is 24.6 Å². The van der Waals surface area contributed by atoms with Gasteiger partial charge in [-0.05, 0) is 6.26 Å². The summed E-state index contributed by atoms with van der Waals surface area (Å²) in [6.07, 6.45) is 2.46. The quantitative estimate of drug-likeness (QED) is 0.809. The molecule has 0 aliphatic carbocycles. The zero-order valence-electron chi connectivity index (χ0n) is 11.6. The fourth-order valence-corrected chi connectivity index (χ4v) is 3.40. The molecule has 0 radical (unpaired) electrons. The lowest BCUT2D eigenvalue weighted by Crippen LogP contribution is -2.30. The minimum atomic E-state index is -0.673. The molecule has 2 aliphatic heterocycles. The molecule has 4 rings (SSSR count). The zero-order valence-corrected chi connectivity index (χ0v) is 12.4. The van der Waals surface area contributed by atoms with Crippen LogP contribution in [-0.4, -0.2) is 56.0 Å². The topological polar surface area (TPSA) is 114 Å². The van der Waals surface area contributed by atoms with Gasteiger partial charge in [-0.25, -0.2) is 19.7 Å².